The number of hydrogen-bond acceptors (Lipinski definition) is 5. The fourth-order valence-electron chi connectivity index (χ4n) is 5.06. The molecule has 1 aliphatic heterocycles. The minimum atomic E-state index is -0.565. The number of carbonyl (C=O) groups excluding carboxylic acids is 1. The van der Waals surface area contributed by atoms with Gasteiger partial charge in [0.05, 0.1) is 17.6 Å². The van der Waals surface area contributed by atoms with E-state index < -0.39 is 11.7 Å². The standard InChI is InChI=1S/C27H37N5O3/c1-26(2,3)35-25(33)30(6)22-17-31-16-18(10-11-21(31)28-22)24-19-12-13-27(4,5)15-20(19)29-32(24)23-9-7-8-14-34-23/h10-11,16-17,23H,7-9,12-15H2,1-6H3. The van der Waals surface area contributed by atoms with Crippen molar-refractivity contribution in [2.45, 2.75) is 85.0 Å². The summed E-state index contributed by atoms with van der Waals surface area (Å²) in [6.07, 6.45) is 9.88. The van der Waals surface area contributed by atoms with Gasteiger partial charge in [0.25, 0.3) is 0 Å². The normalized spacial score (nSPS) is 20.0. The zero-order valence-electron chi connectivity index (χ0n) is 21.8. The number of amides is 1. The summed E-state index contributed by atoms with van der Waals surface area (Å²) in [4.78, 5) is 18.6. The maximum atomic E-state index is 12.6. The van der Waals surface area contributed by atoms with Crippen LogP contribution in [0, 0.1) is 5.41 Å². The molecular weight excluding hydrogens is 442 g/mol. The number of anilines is 1. The third kappa shape index (κ3) is 4.81. The van der Waals surface area contributed by atoms with Gasteiger partial charge in [0, 0.05) is 31.0 Å². The van der Waals surface area contributed by atoms with Crippen molar-refractivity contribution < 1.29 is 14.3 Å². The lowest BCUT2D eigenvalue weighted by Gasteiger charge is -2.28. The number of hydrogen-bond donors (Lipinski definition) is 0. The van der Waals surface area contributed by atoms with E-state index in [1.807, 2.05) is 37.4 Å². The van der Waals surface area contributed by atoms with Crippen molar-refractivity contribution in [1.29, 1.82) is 0 Å². The number of aromatic nitrogens is 4. The molecular formula is C27H37N5O3. The van der Waals surface area contributed by atoms with Gasteiger partial charge in [-0.2, -0.15) is 5.10 Å². The van der Waals surface area contributed by atoms with Crippen LogP contribution in [0.3, 0.4) is 0 Å². The molecule has 0 radical (unpaired) electrons. The maximum Gasteiger partial charge on any atom is 0.415 e. The molecule has 1 saturated heterocycles. The molecule has 1 amide bonds. The van der Waals surface area contributed by atoms with E-state index >= 15 is 0 Å². The summed E-state index contributed by atoms with van der Waals surface area (Å²) >= 11 is 0. The van der Waals surface area contributed by atoms with E-state index in [0.717, 1.165) is 62.0 Å². The average Bonchev–Trinajstić information content (AvgIpc) is 3.37. The molecule has 2 aliphatic rings. The first-order chi connectivity index (χ1) is 16.5. The van der Waals surface area contributed by atoms with E-state index in [4.69, 9.17) is 14.6 Å². The Balaban J connectivity index is 1.53. The Kier molecular flexibility index (Phi) is 5.90. The number of nitrogens with zero attached hydrogens (tertiary/aromatic N) is 5. The third-order valence-electron chi connectivity index (χ3n) is 6.94. The Labute approximate surface area is 207 Å². The highest BCUT2D eigenvalue weighted by atomic mass is 16.6. The molecule has 4 heterocycles. The van der Waals surface area contributed by atoms with E-state index in [2.05, 4.69) is 35.8 Å². The Hall–Kier alpha value is -2.87. The van der Waals surface area contributed by atoms with Crippen molar-refractivity contribution in [2.24, 2.45) is 5.41 Å². The number of fused-ring (bicyclic) bond motifs is 2. The van der Waals surface area contributed by atoms with Gasteiger partial charge in [-0.05, 0) is 76.8 Å². The average molecular weight is 480 g/mol. The van der Waals surface area contributed by atoms with Gasteiger partial charge in [-0.15, -0.1) is 0 Å². The lowest BCUT2D eigenvalue weighted by molar-refractivity contribution is -0.0386. The van der Waals surface area contributed by atoms with Gasteiger partial charge in [-0.25, -0.2) is 14.5 Å². The molecule has 0 saturated carbocycles. The van der Waals surface area contributed by atoms with E-state index in [0.29, 0.717) is 5.82 Å². The third-order valence-corrected chi connectivity index (χ3v) is 6.94. The largest absolute Gasteiger partial charge is 0.443 e. The smallest absolute Gasteiger partial charge is 0.415 e. The number of imidazole rings is 1. The van der Waals surface area contributed by atoms with Crippen LogP contribution < -0.4 is 4.90 Å². The molecule has 1 atom stereocenters. The van der Waals surface area contributed by atoms with Crippen molar-refractivity contribution in [1.82, 2.24) is 19.2 Å². The molecule has 0 aromatic carbocycles. The van der Waals surface area contributed by atoms with Crippen LogP contribution in [0.5, 0.6) is 0 Å². The fraction of sp³-hybridized carbons (Fsp3) is 0.593. The van der Waals surface area contributed by atoms with Crippen LogP contribution in [-0.4, -0.2) is 44.5 Å². The second-order valence-corrected chi connectivity index (χ2v) is 11.7. The number of ether oxygens (including phenoxy) is 2. The first-order valence-electron chi connectivity index (χ1n) is 12.7. The predicted octanol–water partition coefficient (Wildman–Crippen LogP) is 5.78. The molecule has 3 aromatic heterocycles. The lowest BCUT2D eigenvalue weighted by Crippen LogP contribution is -2.34. The summed E-state index contributed by atoms with van der Waals surface area (Å²) in [7, 11) is 1.68. The molecule has 0 bridgehead atoms. The highest BCUT2D eigenvalue weighted by Gasteiger charge is 2.33. The molecule has 1 unspecified atom stereocenters. The van der Waals surface area contributed by atoms with E-state index in [1.165, 1.54) is 16.2 Å². The van der Waals surface area contributed by atoms with Gasteiger partial charge in [0.15, 0.2) is 12.0 Å². The molecule has 3 aromatic rings. The number of carbonyl (C=O) groups is 1. The zero-order valence-corrected chi connectivity index (χ0v) is 21.8. The van der Waals surface area contributed by atoms with Crippen molar-refractivity contribution in [3.05, 3.63) is 35.8 Å². The van der Waals surface area contributed by atoms with Gasteiger partial charge in [0.1, 0.15) is 11.2 Å². The molecule has 0 N–H and O–H groups in total. The minimum absolute atomic E-state index is 0.0280. The summed E-state index contributed by atoms with van der Waals surface area (Å²) in [6, 6.07) is 4.11. The summed E-state index contributed by atoms with van der Waals surface area (Å²) in [6.45, 7) is 11.0. The number of pyridine rings is 1. The predicted molar refractivity (Wildman–Crippen MR) is 136 cm³/mol. The molecule has 0 spiro atoms. The highest BCUT2D eigenvalue weighted by Crippen LogP contribution is 2.41. The first-order valence-corrected chi connectivity index (χ1v) is 12.7. The van der Waals surface area contributed by atoms with Gasteiger partial charge < -0.3 is 13.9 Å². The van der Waals surface area contributed by atoms with E-state index in [9.17, 15) is 4.79 Å². The van der Waals surface area contributed by atoms with Gasteiger partial charge in [0.2, 0.25) is 0 Å². The Bertz CT molecular complexity index is 1240. The molecule has 1 aliphatic carbocycles. The topological polar surface area (TPSA) is 73.9 Å². The van der Waals surface area contributed by atoms with Crippen LogP contribution in [0.4, 0.5) is 10.6 Å². The second kappa shape index (κ2) is 8.66. The Morgan fingerprint density at radius 1 is 1.23 bits per heavy atom. The lowest BCUT2D eigenvalue weighted by atomic mass is 9.76. The SMILES string of the molecule is CN(C(=O)OC(C)(C)C)c1cn2cc(-c3c4c(nn3C3CCCCO3)CC(C)(C)CC4)ccc2n1. The number of rotatable bonds is 3. The Morgan fingerprint density at radius 3 is 2.74 bits per heavy atom. The van der Waals surface area contributed by atoms with Crippen LogP contribution in [0.1, 0.15) is 77.8 Å². The fourth-order valence-corrected chi connectivity index (χ4v) is 5.06. The van der Waals surface area contributed by atoms with Crippen molar-refractivity contribution in [3.8, 4) is 11.3 Å². The van der Waals surface area contributed by atoms with Crippen molar-refractivity contribution in [3.63, 3.8) is 0 Å². The van der Waals surface area contributed by atoms with Crippen LogP contribution in [-0.2, 0) is 22.3 Å². The van der Waals surface area contributed by atoms with Crippen molar-refractivity contribution >= 4 is 17.6 Å². The summed E-state index contributed by atoms with van der Waals surface area (Å²) in [5.41, 5.74) is 5.24. The molecule has 8 nitrogen and oxygen atoms in total. The highest BCUT2D eigenvalue weighted by molar-refractivity contribution is 5.86. The minimum Gasteiger partial charge on any atom is -0.443 e. The summed E-state index contributed by atoms with van der Waals surface area (Å²) < 4.78 is 15.8. The molecule has 1 fully saturated rings. The zero-order chi connectivity index (χ0) is 25.0. The molecule has 5 rings (SSSR count). The van der Waals surface area contributed by atoms with Crippen LogP contribution in [0.25, 0.3) is 16.9 Å². The molecule has 35 heavy (non-hydrogen) atoms. The van der Waals surface area contributed by atoms with Crippen LogP contribution in [0.2, 0.25) is 0 Å². The van der Waals surface area contributed by atoms with Gasteiger partial charge in [-0.1, -0.05) is 13.8 Å². The van der Waals surface area contributed by atoms with Crippen LogP contribution >= 0.6 is 0 Å². The van der Waals surface area contributed by atoms with E-state index in [-0.39, 0.29) is 11.6 Å². The van der Waals surface area contributed by atoms with Gasteiger partial charge >= 0.3 is 6.09 Å². The maximum absolute atomic E-state index is 12.6. The molecule has 8 heteroatoms. The summed E-state index contributed by atoms with van der Waals surface area (Å²) in [5.74, 6) is 0.546. The van der Waals surface area contributed by atoms with Crippen LogP contribution in [0.15, 0.2) is 24.5 Å². The van der Waals surface area contributed by atoms with E-state index in [1.54, 1.807) is 7.05 Å². The van der Waals surface area contributed by atoms with Gasteiger partial charge in [-0.3, -0.25) is 4.90 Å². The molecule has 188 valence electrons. The monoisotopic (exact) mass is 479 g/mol. The Morgan fingerprint density at radius 2 is 2.03 bits per heavy atom. The van der Waals surface area contributed by atoms with Crippen molar-refractivity contribution in [2.75, 3.05) is 18.6 Å². The summed E-state index contributed by atoms with van der Waals surface area (Å²) in [5, 5.41) is 5.11. The first kappa shape index (κ1) is 23.9. The second-order valence-electron chi connectivity index (χ2n) is 11.7. The quantitative estimate of drug-likeness (QED) is 0.476.